The van der Waals surface area contributed by atoms with Crippen molar-refractivity contribution in [1.29, 1.82) is 0 Å². The Bertz CT molecular complexity index is 590. The molecule has 1 heterocycles. The van der Waals surface area contributed by atoms with Crippen molar-refractivity contribution in [3.05, 3.63) is 35.4 Å². The molecule has 1 atom stereocenters. The van der Waals surface area contributed by atoms with Gasteiger partial charge < -0.3 is 15.5 Å². The van der Waals surface area contributed by atoms with Gasteiger partial charge in [-0.3, -0.25) is 9.59 Å². The second-order valence-corrected chi connectivity index (χ2v) is 7.96. The molecule has 1 aliphatic heterocycles. The van der Waals surface area contributed by atoms with Gasteiger partial charge in [0.15, 0.2) is 0 Å². The minimum atomic E-state index is -0.517. The Balaban J connectivity index is 1.78. The number of nitrogens with zero attached hydrogens (tertiary/aromatic N) is 1. The van der Waals surface area contributed by atoms with Gasteiger partial charge in [-0.2, -0.15) is 0 Å². The van der Waals surface area contributed by atoms with Crippen molar-refractivity contribution in [3.8, 4) is 0 Å². The summed E-state index contributed by atoms with van der Waals surface area (Å²) in [7, 11) is 0. The van der Waals surface area contributed by atoms with Crippen LogP contribution in [-0.4, -0.2) is 48.9 Å². The second-order valence-electron chi connectivity index (χ2n) is 7.96. The lowest BCUT2D eigenvalue weighted by molar-refractivity contribution is -0.123. The lowest BCUT2D eigenvalue weighted by Crippen LogP contribution is -2.50. The maximum Gasteiger partial charge on any atom is 0.251 e. The summed E-state index contributed by atoms with van der Waals surface area (Å²) in [5.41, 5.74) is 1.69. The fraction of sp³-hybridized carbons (Fsp3) is 0.636. The normalized spacial score (nSPS) is 16.6. The van der Waals surface area contributed by atoms with E-state index in [1.165, 1.54) is 38.8 Å². The number of hydrogen-bond donors (Lipinski definition) is 2. The molecule has 0 radical (unpaired) electrons. The zero-order valence-electron chi connectivity index (χ0n) is 17.1. The van der Waals surface area contributed by atoms with E-state index in [9.17, 15) is 9.59 Å². The quantitative estimate of drug-likeness (QED) is 0.688. The summed E-state index contributed by atoms with van der Waals surface area (Å²) in [6, 6.07) is 6.88. The predicted octanol–water partition coefficient (Wildman–Crippen LogP) is 3.13. The molecule has 1 aromatic carbocycles. The van der Waals surface area contributed by atoms with Gasteiger partial charge in [0.25, 0.3) is 5.91 Å². The molecule has 2 rings (SSSR count). The van der Waals surface area contributed by atoms with E-state index in [4.69, 9.17) is 0 Å². The average molecular weight is 374 g/mol. The van der Waals surface area contributed by atoms with Crippen molar-refractivity contribution in [1.82, 2.24) is 15.5 Å². The molecule has 1 unspecified atom stereocenters. The zero-order valence-corrected chi connectivity index (χ0v) is 17.1. The molecule has 1 aromatic rings. The van der Waals surface area contributed by atoms with E-state index in [0.717, 1.165) is 18.5 Å². The largest absolute Gasteiger partial charge is 0.354 e. The van der Waals surface area contributed by atoms with Crippen LogP contribution in [0.1, 0.15) is 61.9 Å². The molecule has 2 N–H and O–H groups in total. The van der Waals surface area contributed by atoms with Crippen molar-refractivity contribution >= 4 is 11.8 Å². The maximum absolute atomic E-state index is 12.6. The molecule has 0 spiro atoms. The minimum Gasteiger partial charge on any atom is -0.354 e. The molecule has 27 heavy (non-hydrogen) atoms. The number of aryl methyl sites for hydroxylation is 1. The highest BCUT2D eigenvalue weighted by Crippen LogP contribution is 2.10. The Kier molecular flexibility index (Phi) is 8.79. The fourth-order valence-corrected chi connectivity index (χ4v) is 3.45. The van der Waals surface area contributed by atoms with Crippen LogP contribution < -0.4 is 10.6 Å². The molecule has 0 aromatic heterocycles. The summed E-state index contributed by atoms with van der Waals surface area (Å²) in [6.45, 7) is 9.93. The van der Waals surface area contributed by atoms with Crippen molar-refractivity contribution in [2.45, 2.75) is 58.9 Å². The predicted molar refractivity (Wildman–Crippen MR) is 110 cm³/mol. The average Bonchev–Trinajstić information content (AvgIpc) is 2.92. The Morgan fingerprint density at radius 1 is 1.04 bits per heavy atom. The Hall–Kier alpha value is -1.88. The molecule has 2 amide bonds. The first kappa shape index (κ1) is 21.4. The molecule has 0 aliphatic carbocycles. The molecule has 1 fully saturated rings. The van der Waals surface area contributed by atoms with Gasteiger partial charge in [0, 0.05) is 12.1 Å². The Morgan fingerprint density at radius 3 is 2.26 bits per heavy atom. The van der Waals surface area contributed by atoms with Crippen molar-refractivity contribution < 1.29 is 9.59 Å². The summed E-state index contributed by atoms with van der Waals surface area (Å²) >= 11 is 0. The van der Waals surface area contributed by atoms with Gasteiger partial charge in [-0.25, -0.2) is 0 Å². The first-order valence-corrected chi connectivity index (χ1v) is 10.3. The molecule has 0 saturated carbocycles. The van der Waals surface area contributed by atoms with Crippen LogP contribution in [0.25, 0.3) is 0 Å². The summed E-state index contributed by atoms with van der Waals surface area (Å²) in [5, 5.41) is 5.89. The summed E-state index contributed by atoms with van der Waals surface area (Å²) in [4.78, 5) is 27.5. The summed E-state index contributed by atoms with van der Waals surface area (Å²) in [6.07, 6.45) is 6.19. The number of likely N-dealkylation sites (tertiary alicyclic amines) is 1. The van der Waals surface area contributed by atoms with Gasteiger partial charge in [-0.05, 0) is 63.9 Å². The molecular weight excluding hydrogens is 338 g/mol. The van der Waals surface area contributed by atoms with Crippen LogP contribution in [0.4, 0.5) is 0 Å². The van der Waals surface area contributed by atoms with Crippen molar-refractivity contribution in [2.24, 2.45) is 5.92 Å². The van der Waals surface area contributed by atoms with Crippen LogP contribution in [0.3, 0.4) is 0 Å². The van der Waals surface area contributed by atoms with E-state index < -0.39 is 6.04 Å². The van der Waals surface area contributed by atoms with Crippen LogP contribution in [-0.2, 0) is 4.79 Å². The summed E-state index contributed by atoms with van der Waals surface area (Å²) in [5.74, 6) is -0.264. The van der Waals surface area contributed by atoms with Gasteiger partial charge in [0.05, 0.1) is 0 Å². The van der Waals surface area contributed by atoms with E-state index in [2.05, 4.69) is 15.5 Å². The minimum absolute atomic E-state index is 0.0324. The van der Waals surface area contributed by atoms with Gasteiger partial charge in [0.1, 0.15) is 6.04 Å². The van der Waals surface area contributed by atoms with Crippen LogP contribution in [0.5, 0.6) is 0 Å². The number of amides is 2. The first-order chi connectivity index (χ1) is 13.0. The van der Waals surface area contributed by atoms with E-state index in [1.54, 1.807) is 12.1 Å². The van der Waals surface area contributed by atoms with E-state index in [-0.39, 0.29) is 17.7 Å². The third-order valence-corrected chi connectivity index (χ3v) is 5.20. The molecule has 1 saturated heterocycles. The highest BCUT2D eigenvalue weighted by molar-refractivity contribution is 5.97. The monoisotopic (exact) mass is 373 g/mol. The Morgan fingerprint density at radius 2 is 1.67 bits per heavy atom. The molecule has 150 valence electrons. The fourth-order valence-electron chi connectivity index (χ4n) is 3.45. The summed E-state index contributed by atoms with van der Waals surface area (Å²) < 4.78 is 0. The Labute approximate surface area is 163 Å². The highest BCUT2D eigenvalue weighted by Gasteiger charge is 2.24. The first-order valence-electron chi connectivity index (χ1n) is 10.3. The van der Waals surface area contributed by atoms with Crippen LogP contribution in [0.2, 0.25) is 0 Å². The molecule has 0 bridgehead atoms. The lowest BCUT2D eigenvalue weighted by atomic mass is 10.0. The van der Waals surface area contributed by atoms with Gasteiger partial charge >= 0.3 is 0 Å². The third-order valence-electron chi connectivity index (χ3n) is 5.20. The van der Waals surface area contributed by atoms with E-state index >= 15 is 0 Å². The molecule has 1 aliphatic rings. The van der Waals surface area contributed by atoms with Crippen molar-refractivity contribution in [2.75, 3.05) is 26.2 Å². The van der Waals surface area contributed by atoms with E-state index in [0.29, 0.717) is 12.1 Å². The zero-order chi connectivity index (χ0) is 19.6. The van der Waals surface area contributed by atoms with Crippen LogP contribution in [0, 0.1) is 12.8 Å². The number of nitrogens with one attached hydrogen (secondary N) is 2. The van der Waals surface area contributed by atoms with E-state index in [1.807, 2.05) is 32.9 Å². The SMILES string of the molecule is Cc1ccc(C(=O)NC(C(=O)NCCCN2CCCCCC2)C(C)C)cc1. The number of hydrogen-bond acceptors (Lipinski definition) is 3. The smallest absolute Gasteiger partial charge is 0.251 e. The number of benzene rings is 1. The number of carbonyl (C=O) groups excluding carboxylic acids is 2. The van der Waals surface area contributed by atoms with Crippen molar-refractivity contribution in [3.63, 3.8) is 0 Å². The van der Waals surface area contributed by atoms with Gasteiger partial charge in [-0.15, -0.1) is 0 Å². The van der Waals surface area contributed by atoms with Gasteiger partial charge in [0.2, 0.25) is 5.91 Å². The molecule has 5 nitrogen and oxygen atoms in total. The van der Waals surface area contributed by atoms with Crippen LogP contribution >= 0.6 is 0 Å². The third kappa shape index (κ3) is 7.33. The maximum atomic E-state index is 12.6. The number of carbonyl (C=O) groups is 2. The second kappa shape index (κ2) is 11.1. The van der Waals surface area contributed by atoms with Gasteiger partial charge in [-0.1, -0.05) is 44.4 Å². The molecular formula is C22H35N3O2. The topological polar surface area (TPSA) is 61.4 Å². The molecule has 5 heteroatoms. The highest BCUT2D eigenvalue weighted by atomic mass is 16.2. The number of rotatable bonds is 8. The standard InChI is InChI=1S/C22H35N3O2/c1-17(2)20(24-21(26)19-11-9-18(3)10-12-19)22(27)23-13-8-16-25-14-6-4-5-7-15-25/h9-12,17,20H,4-8,13-16H2,1-3H3,(H,23,27)(H,24,26). The lowest BCUT2D eigenvalue weighted by Gasteiger charge is -2.23. The van der Waals surface area contributed by atoms with Crippen LogP contribution in [0.15, 0.2) is 24.3 Å².